The number of guanidine groups is 1. The Hall–Kier alpha value is -2.44. The fourth-order valence-corrected chi connectivity index (χ4v) is 2.48. The molecule has 2 rings (SSSR count). The number of hydrogen-bond acceptors (Lipinski definition) is 4. The normalized spacial score (nSPS) is 10.7. The second kappa shape index (κ2) is 9.15. The van der Waals surface area contributed by atoms with Crippen molar-refractivity contribution >= 4 is 35.4 Å². The van der Waals surface area contributed by atoms with Crippen LogP contribution in [0.25, 0.3) is 0 Å². The molecule has 0 bridgehead atoms. The number of hydrogen-bond donors (Lipinski definition) is 2. The fourth-order valence-electron chi connectivity index (χ4n) is 1.97. The molecule has 0 unspecified atom stereocenters. The molecule has 4 N–H and O–H groups in total. The molecule has 0 amide bonds. The van der Waals surface area contributed by atoms with Gasteiger partial charge in [0.2, 0.25) is 5.96 Å². The molecule has 25 heavy (non-hydrogen) atoms. The van der Waals surface area contributed by atoms with Gasteiger partial charge in [-0.15, -0.1) is 5.10 Å². The minimum absolute atomic E-state index is 0.113. The highest BCUT2D eigenvalue weighted by molar-refractivity contribution is 6.35. The topological polar surface area (TPSA) is 95.2 Å². The molecular formula is C17H18Cl2N4O2. The molecule has 2 aromatic rings. The van der Waals surface area contributed by atoms with Gasteiger partial charge in [0.1, 0.15) is 6.61 Å². The molecule has 2 aromatic carbocycles. The molecule has 8 heteroatoms. The van der Waals surface area contributed by atoms with E-state index in [0.717, 1.165) is 5.56 Å². The highest BCUT2D eigenvalue weighted by atomic mass is 35.5. The van der Waals surface area contributed by atoms with Crippen LogP contribution in [-0.2, 0) is 6.61 Å². The zero-order valence-corrected chi connectivity index (χ0v) is 15.1. The highest BCUT2D eigenvalue weighted by Crippen LogP contribution is 2.31. The third kappa shape index (κ3) is 5.55. The predicted molar refractivity (Wildman–Crippen MR) is 102 cm³/mol. The lowest BCUT2D eigenvalue weighted by Crippen LogP contribution is -2.21. The Morgan fingerprint density at radius 2 is 1.80 bits per heavy atom. The quantitative estimate of drug-likeness (QED) is 0.435. The number of benzene rings is 2. The smallest absolute Gasteiger partial charge is 0.211 e. The predicted octanol–water partition coefficient (Wildman–Crippen LogP) is 3.58. The maximum absolute atomic E-state index is 6.16. The van der Waals surface area contributed by atoms with E-state index in [4.69, 9.17) is 44.1 Å². The van der Waals surface area contributed by atoms with E-state index in [1.165, 1.54) is 6.21 Å². The van der Waals surface area contributed by atoms with Crippen LogP contribution in [0.4, 0.5) is 0 Å². The SMILES string of the molecule is CCOc1cc(C=NN=C(N)N)ccc1OCc1c(Cl)cccc1Cl. The Morgan fingerprint density at radius 3 is 2.44 bits per heavy atom. The molecule has 0 saturated carbocycles. The van der Waals surface area contributed by atoms with Crippen LogP contribution < -0.4 is 20.9 Å². The van der Waals surface area contributed by atoms with Crippen LogP contribution in [0.5, 0.6) is 11.5 Å². The standard InChI is InChI=1S/C17H18Cl2N4O2/c1-2-24-16-8-11(9-22-23-17(20)21)6-7-15(16)25-10-12-13(18)4-3-5-14(12)19/h3-9H,2,10H2,1H3,(H4,20,21,23). The van der Waals surface area contributed by atoms with Crippen molar-refractivity contribution in [2.24, 2.45) is 21.7 Å². The summed E-state index contributed by atoms with van der Waals surface area (Å²) in [7, 11) is 0. The molecule has 0 aliphatic heterocycles. The van der Waals surface area contributed by atoms with Crippen molar-refractivity contribution in [3.8, 4) is 11.5 Å². The zero-order valence-electron chi connectivity index (χ0n) is 13.6. The Labute approximate surface area is 156 Å². The average Bonchev–Trinajstić information content (AvgIpc) is 2.56. The second-order valence-electron chi connectivity index (χ2n) is 4.90. The number of ether oxygens (including phenoxy) is 2. The number of nitrogens with two attached hydrogens (primary N) is 2. The average molecular weight is 381 g/mol. The molecule has 0 aliphatic rings. The van der Waals surface area contributed by atoms with Crippen molar-refractivity contribution in [3.63, 3.8) is 0 Å². The van der Waals surface area contributed by atoms with Gasteiger partial charge in [-0.05, 0) is 42.8 Å². The van der Waals surface area contributed by atoms with E-state index in [1.807, 2.05) is 6.92 Å². The first-order valence-electron chi connectivity index (χ1n) is 7.45. The molecule has 0 spiro atoms. The van der Waals surface area contributed by atoms with Crippen LogP contribution in [0.1, 0.15) is 18.1 Å². The Morgan fingerprint density at radius 1 is 1.08 bits per heavy atom. The fraction of sp³-hybridized carbons (Fsp3) is 0.176. The molecular weight excluding hydrogens is 363 g/mol. The molecule has 132 valence electrons. The summed E-state index contributed by atoms with van der Waals surface area (Å²) in [6, 6.07) is 10.7. The van der Waals surface area contributed by atoms with Crippen molar-refractivity contribution in [3.05, 3.63) is 57.6 Å². The lowest BCUT2D eigenvalue weighted by molar-refractivity contribution is 0.269. The molecule has 6 nitrogen and oxygen atoms in total. The Balaban J connectivity index is 2.19. The lowest BCUT2D eigenvalue weighted by Gasteiger charge is -2.14. The van der Waals surface area contributed by atoms with Crippen molar-refractivity contribution < 1.29 is 9.47 Å². The van der Waals surface area contributed by atoms with Gasteiger partial charge in [0, 0.05) is 15.6 Å². The van der Waals surface area contributed by atoms with E-state index in [9.17, 15) is 0 Å². The first-order valence-corrected chi connectivity index (χ1v) is 8.21. The minimum atomic E-state index is -0.113. The summed E-state index contributed by atoms with van der Waals surface area (Å²) in [6.07, 6.45) is 1.51. The Kier molecular flexibility index (Phi) is 6.91. The zero-order chi connectivity index (χ0) is 18.2. The largest absolute Gasteiger partial charge is 0.490 e. The van der Waals surface area contributed by atoms with E-state index in [0.29, 0.717) is 33.7 Å². The van der Waals surface area contributed by atoms with Gasteiger partial charge in [-0.1, -0.05) is 29.3 Å². The third-order valence-corrected chi connectivity index (χ3v) is 3.79. The van der Waals surface area contributed by atoms with E-state index >= 15 is 0 Å². The molecule has 0 saturated heterocycles. The highest BCUT2D eigenvalue weighted by Gasteiger charge is 2.10. The summed E-state index contributed by atoms with van der Waals surface area (Å²) in [6.45, 7) is 2.59. The maximum Gasteiger partial charge on any atom is 0.211 e. The minimum Gasteiger partial charge on any atom is -0.490 e. The van der Waals surface area contributed by atoms with Gasteiger partial charge in [0.15, 0.2) is 11.5 Å². The van der Waals surface area contributed by atoms with Crippen molar-refractivity contribution in [2.45, 2.75) is 13.5 Å². The summed E-state index contributed by atoms with van der Waals surface area (Å²) in [4.78, 5) is 0. The van der Waals surface area contributed by atoms with Gasteiger partial charge < -0.3 is 20.9 Å². The Bertz CT molecular complexity index is 770. The van der Waals surface area contributed by atoms with E-state index in [-0.39, 0.29) is 12.6 Å². The van der Waals surface area contributed by atoms with Gasteiger partial charge in [-0.3, -0.25) is 0 Å². The van der Waals surface area contributed by atoms with Crippen molar-refractivity contribution in [1.82, 2.24) is 0 Å². The van der Waals surface area contributed by atoms with Gasteiger partial charge in [-0.25, -0.2) is 0 Å². The lowest BCUT2D eigenvalue weighted by atomic mass is 10.2. The summed E-state index contributed by atoms with van der Waals surface area (Å²) in [5.74, 6) is 1.02. The van der Waals surface area contributed by atoms with Crippen LogP contribution in [0.2, 0.25) is 10.0 Å². The second-order valence-corrected chi connectivity index (χ2v) is 5.71. The van der Waals surface area contributed by atoms with Crippen LogP contribution in [0.3, 0.4) is 0 Å². The molecule has 0 aliphatic carbocycles. The third-order valence-electron chi connectivity index (χ3n) is 3.08. The summed E-state index contributed by atoms with van der Waals surface area (Å²) in [5.41, 5.74) is 11.9. The first-order chi connectivity index (χ1) is 12.0. The molecule has 0 atom stereocenters. The van der Waals surface area contributed by atoms with Crippen molar-refractivity contribution in [2.75, 3.05) is 6.61 Å². The molecule has 0 radical (unpaired) electrons. The van der Waals surface area contributed by atoms with E-state index < -0.39 is 0 Å². The summed E-state index contributed by atoms with van der Waals surface area (Å²) >= 11 is 12.3. The van der Waals surface area contributed by atoms with Gasteiger partial charge in [0.05, 0.1) is 12.8 Å². The molecule has 0 fully saturated rings. The summed E-state index contributed by atoms with van der Waals surface area (Å²) < 4.78 is 11.4. The number of rotatable bonds is 7. The monoisotopic (exact) mass is 380 g/mol. The van der Waals surface area contributed by atoms with Crippen LogP contribution in [-0.4, -0.2) is 18.8 Å². The maximum atomic E-state index is 6.16. The summed E-state index contributed by atoms with van der Waals surface area (Å²) in [5, 5.41) is 8.42. The van der Waals surface area contributed by atoms with Crippen LogP contribution in [0, 0.1) is 0 Å². The van der Waals surface area contributed by atoms with Crippen molar-refractivity contribution in [1.29, 1.82) is 0 Å². The van der Waals surface area contributed by atoms with Crippen LogP contribution >= 0.6 is 23.2 Å². The first kappa shape index (κ1) is 18.9. The number of nitrogens with zero attached hydrogens (tertiary/aromatic N) is 2. The van der Waals surface area contributed by atoms with Gasteiger partial charge >= 0.3 is 0 Å². The van der Waals surface area contributed by atoms with Crippen LogP contribution in [0.15, 0.2) is 46.6 Å². The number of halogens is 2. The molecule has 0 aromatic heterocycles. The molecule has 0 heterocycles. The van der Waals surface area contributed by atoms with E-state index in [2.05, 4.69) is 10.2 Å². The van der Waals surface area contributed by atoms with Gasteiger partial charge in [0.25, 0.3) is 0 Å². The van der Waals surface area contributed by atoms with Gasteiger partial charge in [-0.2, -0.15) is 5.10 Å². The van der Waals surface area contributed by atoms with E-state index in [1.54, 1.807) is 36.4 Å².